The van der Waals surface area contributed by atoms with E-state index >= 15 is 0 Å². The minimum atomic E-state index is -5.31. The summed E-state index contributed by atoms with van der Waals surface area (Å²) in [6.45, 7) is 3.13. The fourth-order valence-electron chi connectivity index (χ4n) is 1.31. The largest absolute Gasteiger partial charge is 0.511 e. The van der Waals surface area contributed by atoms with E-state index < -0.39 is 21.6 Å². The fourth-order valence-corrected chi connectivity index (χ4v) is 2.04. The number of hydrogen-bond donors (Lipinski definition) is 1. The molecule has 0 heterocycles. The van der Waals surface area contributed by atoms with Crippen molar-refractivity contribution in [2.24, 2.45) is 0 Å². The molecular weight excluding hydrogens is 255 g/mol. The molecule has 0 spiro atoms. The van der Waals surface area contributed by atoms with Gasteiger partial charge in [-0.15, -0.1) is 0 Å². The minimum Gasteiger partial charge on any atom is -0.203 e. The molecule has 7 heteroatoms. The Morgan fingerprint density at radius 2 is 1.88 bits per heavy atom. The summed E-state index contributed by atoms with van der Waals surface area (Å²) in [6.07, 6.45) is 0. The molecule has 1 rings (SSSR count). The van der Waals surface area contributed by atoms with Crippen molar-refractivity contribution in [1.29, 1.82) is 0 Å². The van der Waals surface area contributed by atoms with Crippen LogP contribution < -0.4 is 4.72 Å². The molecule has 3 nitrogen and oxygen atoms in total. The van der Waals surface area contributed by atoms with Crippen molar-refractivity contribution < 1.29 is 21.6 Å². The molecule has 1 atom stereocenters. The van der Waals surface area contributed by atoms with Gasteiger partial charge in [0.1, 0.15) is 0 Å². The number of hydrogen-bond acceptors (Lipinski definition) is 2. The highest BCUT2D eigenvalue weighted by atomic mass is 32.2. The van der Waals surface area contributed by atoms with Gasteiger partial charge < -0.3 is 0 Å². The normalized spacial score (nSPS) is 14.6. The number of rotatable bonds is 3. The molecule has 17 heavy (non-hydrogen) atoms. The summed E-state index contributed by atoms with van der Waals surface area (Å²) >= 11 is 0. The van der Waals surface area contributed by atoms with Gasteiger partial charge in [-0.1, -0.05) is 29.8 Å². The van der Waals surface area contributed by atoms with Crippen molar-refractivity contribution in [3.63, 3.8) is 0 Å². The lowest BCUT2D eigenvalue weighted by Crippen LogP contribution is -2.37. The summed E-state index contributed by atoms with van der Waals surface area (Å²) in [4.78, 5) is 0. The maximum Gasteiger partial charge on any atom is 0.511 e. The van der Waals surface area contributed by atoms with Gasteiger partial charge in [0.2, 0.25) is 0 Å². The zero-order valence-electron chi connectivity index (χ0n) is 9.25. The minimum absolute atomic E-state index is 0.484. The second kappa shape index (κ2) is 4.66. The summed E-state index contributed by atoms with van der Waals surface area (Å²) < 4.78 is 59.8. The van der Waals surface area contributed by atoms with Crippen LogP contribution in [0.1, 0.15) is 24.1 Å². The van der Waals surface area contributed by atoms with Gasteiger partial charge in [-0.2, -0.15) is 13.2 Å². The van der Waals surface area contributed by atoms with E-state index in [9.17, 15) is 21.6 Å². The average Bonchev–Trinajstić information content (AvgIpc) is 2.15. The van der Waals surface area contributed by atoms with E-state index in [2.05, 4.69) is 0 Å². The maximum atomic E-state index is 12.1. The Labute approximate surface area is 97.7 Å². The Balaban J connectivity index is 2.91. The highest BCUT2D eigenvalue weighted by molar-refractivity contribution is 7.90. The van der Waals surface area contributed by atoms with Crippen molar-refractivity contribution in [3.8, 4) is 0 Å². The monoisotopic (exact) mass is 267 g/mol. The van der Waals surface area contributed by atoms with Crippen LogP contribution in [0.15, 0.2) is 24.3 Å². The Kier molecular flexibility index (Phi) is 3.83. The number of nitrogens with one attached hydrogen (secondary N) is 1. The molecule has 0 saturated carbocycles. The third kappa shape index (κ3) is 3.44. The van der Waals surface area contributed by atoms with Crippen LogP contribution in [0.2, 0.25) is 0 Å². The zero-order chi connectivity index (χ0) is 13.3. The molecule has 0 amide bonds. The predicted molar refractivity (Wildman–Crippen MR) is 57.7 cm³/mol. The lowest BCUT2D eigenvalue weighted by molar-refractivity contribution is -0.0450. The van der Waals surface area contributed by atoms with E-state index in [1.165, 1.54) is 6.92 Å². The molecule has 0 aliphatic carbocycles. The van der Waals surface area contributed by atoms with E-state index in [1.54, 1.807) is 35.9 Å². The molecule has 1 N–H and O–H groups in total. The van der Waals surface area contributed by atoms with Gasteiger partial charge in [0.25, 0.3) is 0 Å². The summed E-state index contributed by atoms with van der Waals surface area (Å²) in [7, 11) is -5.31. The first-order chi connectivity index (χ1) is 7.63. The highest BCUT2D eigenvalue weighted by Gasteiger charge is 2.46. The molecular formula is C10H12F3NO2S. The van der Waals surface area contributed by atoms with E-state index in [1.807, 2.05) is 0 Å². The first-order valence-corrected chi connectivity index (χ1v) is 6.27. The fraction of sp³-hybridized carbons (Fsp3) is 0.400. The number of aryl methyl sites for hydroxylation is 1. The van der Waals surface area contributed by atoms with Crippen LogP contribution in [-0.4, -0.2) is 13.9 Å². The van der Waals surface area contributed by atoms with Gasteiger partial charge in [-0.3, -0.25) is 0 Å². The Hall–Kier alpha value is -1.08. The molecule has 0 aliphatic rings. The lowest BCUT2D eigenvalue weighted by Gasteiger charge is -2.16. The second-order valence-electron chi connectivity index (χ2n) is 3.70. The van der Waals surface area contributed by atoms with Crippen molar-refractivity contribution in [1.82, 2.24) is 4.72 Å². The van der Waals surface area contributed by atoms with Crippen LogP contribution in [0.5, 0.6) is 0 Å². The second-order valence-corrected chi connectivity index (χ2v) is 5.41. The summed E-state index contributed by atoms with van der Waals surface area (Å²) in [5, 5.41) is 0. The van der Waals surface area contributed by atoms with E-state index in [4.69, 9.17) is 0 Å². The molecule has 0 bridgehead atoms. The van der Waals surface area contributed by atoms with Crippen LogP contribution in [0.4, 0.5) is 13.2 Å². The van der Waals surface area contributed by atoms with Gasteiger partial charge in [0, 0.05) is 6.04 Å². The standard InChI is InChI=1S/C10H12F3NO2S/c1-7-4-3-5-9(6-7)8(2)14-17(15,16)10(11,12)13/h3-6,8,14H,1-2H3/t8-/m0/s1. The summed E-state index contributed by atoms with van der Waals surface area (Å²) in [6, 6.07) is 5.69. The predicted octanol–water partition coefficient (Wildman–Crippen LogP) is 2.50. The van der Waals surface area contributed by atoms with Crippen molar-refractivity contribution in [3.05, 3.63) is 35.4 Å². The third-order valence-corrected chi connectivity index (χ3v) is 3.45. The van der Waals surface area contributed by atoms with Gasteiger partial charge >= 0.3 is 15.5 Å². The third-order valence-electron chi connectivity index (χ3n) is 2.18. The van der Waals surface area contributed by atoms with Crippen LogP contribution >= 0.6 is 0 Å². The molecule has 0 fully saturated rings. The maximum absolute atomic E-state index is 12.1. The SMILES string of the molecule is Cc1cccc([C@H](C)NS(=O)(=O)C(F)(F)F)c1. The van der Waals surface area contributed by atoms with Crippen molar-refractivity contribution in [2.45, 2.75) is 25.4 Å². The van der Waals surface area contributed by atoms with E-state index in [0.717, 1.165) is 5.56 Å². The Bertz CT molecular complexity index is 497. The quantitative estimate of drug-likeness (QED) is 0.914. The average molecular weight is 267 g/mol. The lowest BCUT2D eigenvalue weighted by atomic mass is 10.1. The van der Waals surface area contributed by atoms with Gasteiger partial charge in [-0.25, -0.2) is 13.1 Å². The number of benzene rings is 1. The van der Waals surface area contributed by atoms with Crippen molar-refractivity contribution >= 4 is 10.0 Å². The van der Waals surface area contributed by atoms with E-state index in [0.29, 0.717) is 5.56 Å². The molecule has 0 saturated heterocycles. The zero-order valence-corrected chi connectivity index (χ0v) is 10.1. The Morgan fingerprint density at radius 1 is 1.29 bits per heavy atom. The first kappa shape index (κ1) is 14.0. The topological polar surface area (TPSA) is 46.2 Å². The molecule has 1 aromatic carbocycles. The molecule has 1 aromatic rings. The number of alkyl halides is 3. The summed E-state index contributed by atoms with van der Waals surface area (Å²) in [5.41, 5.74) is -3.95. The Morgan fingerprint density at radius 3 is 2.35 bits per heavy atom. The van der Waals surface area contributed by atoms with E-state index in [-0.39, 0.29) is 0 Å². The molecule has 0 radical (unpaired) electrons. The highest BCUT2D eigenvalue weighted by Crippen LogP contribution is 2.24. The number of sulfonamides is 1. The van der Waals surface area contributed by atoms with Crippen molar-refractivity contribution in [2.75, 3.05) is 0 Å². The van der Waals surface area contributed by atoms with Crippen LogP contribution in [0.3, 0.4) is 0 Å². The van der Waals surface area contributed by atoms with Crippen LogP contribution in [0.25, 0.3) is 0 Å². The molecule has 0 unspecified atom stereocenters. The van der Waals surface area contributed by atoms with Gasteiger partial charge in [0.15, 0.2) is 0 Å². The molecule has 96 valence electrons. The van der Waals surface area contributed by atoms with Crippen LogP contribution in [0, 0.1) is 6.92 Å². The van der Waals surface area contributed by atoms with Gasteiger partial charge in [0.05, 0.1) is 0 Å². The smallest absolute Gasteiger partial charge is 0.203 e. The first-order valence-electron chi connectivity index (χ1n) is 4.78. The van der Waals surface area contributed by atoms with Crippen LogP contribution in [-0.2, 0) is 10.0 Å². The van der Waals surface area contributed by atoms with Gasteiger partial charge in [-0.05, 0) is 19.4 Å². The molecule has 0 aromatic heterocycles. The summed E-state index contributed by atoms with van der Waals surface area (Å²) in [5.74, 6) is 0. The number of halogens is 3. The molecule has 0 aliphatic heterocycles.